The van der Waals surface area contributed by atoms with Gasteiger partial charge in [0, 0.05) is 37.5 Å². The third-order valence-electron chi connectivity index (χ3n) is 6.29. The van der Waals surface area contributed by atoms with Crippen LogP contribution in [-0.2, 0) is 7.05 Å². The lowest BCUT2D eigenvalue weighted by Crippen LogP contribution is -2.42. The Morgan fingerprint density at radius 1 is 1.09 bits per heavy atom. The summed E-state index contributed by atoms with van der Waals surface area (Å²) in [4.78, 5) is 27.7. The average molecular weight is 433 g/mol. The summed E-state index contributed by atoms with van der Waals surface area (Å²) in [6, 6.07) is 15.5. The molecule has 1 aromatic heterocycles. The van der Waals surface area contributed by atoms with Crippen LogP contribution in [0.5, 0.6) is 5.75 Å². The fraction of sp³-hybridized carbons (Fsp3) is 0.400. The van der Waals surface area contributed by atoms with Crippen LogP contribution in [0.15, 0.2) is 48.5 Å². The summed E-state index contributed by atoms with van der Waals surface area (Å²) < 4.78 is 7.85. The van der Waals surface area contributed by atoms with Gasteiger partial charge in [0.05, 0.1) is 17.7 Å². The van der Waals surface area contributed by atoms with Gasteiger partial charge in [-0.15, -0.1) is 0 Å². The van der Waals surface area contributed by atoms with E-state index in [2.05, 4.69) is 10.4 Å². The van der Waals surface area contributed by atoms with Gasteiger partial charge in [-0.05, 0) is 43.9 Å². The van der Waals surface area contributed by atoms with Gasteiger partial charge in [-0.2, -0.15) is 5.10 Å². The van der Waals surface area contributed by atoms with Crippen molar-refractivity contribution < 1.29 is 14.3 Å². The zero-order chi connectivity index (χ0) is 22.1. The molecule has 1 saturated carbocycles. The molecule has 1 N–H and O–H groups in total. The molecular formula is C25H28N4O3. The van der Waals surface area contributed by atoms with Crippen molar-refractivity contribution in [3.8, 4) is 5.75 Å². The molecule has 2 aromatic carbocycles. The zero-order valence-electron chi connectivity index (χ0n) is 18.3. The number of hydrogen-bond donors (Lipinski definition) is 1. The minimum Gasteiger partial charge on any atom is -0.492 e. The van der Waals surface area contributed by atoms with E-state index in [1.165, 1.54) is 0 Å². The van der Waals surface area contributed by atoms with Crippen LogP contribution in [0.25, 0.3) is 10.9 Å². The Balaban J connectivity index is 1.25. The van der Waals surface area contributed by atoms with Gasteiger partial charge in [-0.25, -0.2) is 0 Å². The number of fused-ring (bicyclic) bond motifs is 1. The van der Waals surface area contributed by atoms with Crippen molar-refractivity contribution in [1.82, 2.24) is 20.0 Å². The van der Waals surface area contributed by atoms with E-state index in [-0.39, 0.29) is 17.7 Å². The number of aromatic nitrogens is 2. The number of carbonyl (C=O) groups is 2. The van der Waals surface area contributed by atoms with Crippen LogP contribution in [-0.4, -0.2) is 52.2 Å². The van der Waals surface area contributed by atoms with Gasteiger partial charge in [-0.1, -0.05) is 30.3 Å². The first-order valence-electron chi connectivity index (χ1n) is 11.3. The molecule has 2 fully saturated rings. The number of amides is 2. The number of likely N-dealkylation sites (tertiary alicyclic amines) is 1. The number of hydrogen-bond acceptors (Lipinski definition) is 4. The van der Waals surface area contributed by atoms with Crippen molar-refractivity contribution in [3.63, 3.8) is 0 Å². The summed E-state index contributed by atoms with van der Waals surface area (Å²) in [6.07, 6.45) is 4.01. The van der Waals surface area contributed by atoms with E-state index in [4.69, 9.17) is 4.74 Å². The first-order chi connectivity index (χ1) is 15.6. The molecule has 2 aliphatic rings. The van der Waals surface area contributed by atoms with Crippen LogP contribution in [0.4, 0.5) is 0 Å². The first-order valence-corrected chi connectivity index (χ1v) is 11.3. The second kappa shape index (κ2) is 8.65. The quantitative estimate of drug-likeness (QED) is 0.648. The van der Waals surface area contributed by atoms with Crippen molar-refractivity contribution >= 4 is 22.7 Å². The average Bonchev–Trinajstić information content (AvgIpc) is 3.58. The van der Waals surface area contributed by atoms with E-state index < -0.39 is 0 Å². The van der Waals surface area contributed by atoms with E-state index in [1.807, 2.05) is 54.4 Å². The Morgan fingerprint density at radius 3 is 2.72 bits per heavy atom. The van der Waals surface area contributed by atoms with Crippen molar-refractivity contribution in [2.24, 2.45) is 13.0 Å². The van der Waals surface area contributed by atoms with Crippen LogP contribution in [0.3, 0.4) is 0 Å². The van der Waals surface area contributed by atoms with Crippen molar-refractivity contribution in [2.45, 2.75) is 31.7 Å². The Labute approximate surface area is 187 Å². The molecule has 1 aliphatic heterocycles. The second-order valence-corrected chi connectivity index (χ2v) is 8.80. The summed E-state index contributed by atoms with van der Waals surface area (Å²) in [5.41, 5.74) is 2.03. The minimum atomic E-state index is -0.0782. The van der Waals surface area contributed by atoms with Gasteiger partial charge < -0.3 is 15.0 Å². The number of ether oxygens (including phenoxy) is 1. The van der Waals surface area contributed by atoms with Gasteiger partial charge in [0.1, 0.15) is 5.75 Å². The molecule has 5 rings (SSSR count). The molecule has 32 heavy (non-hydrogen) atoms. The van der Waals surface area contributed by atoms with Gasteiger partial charge in [0.2, 0.25) is 0 Å². The van der Waals surface area contributed by atoms with Crippen LogP contribution in [0.2, 0.25) is 0 Å². The topological polar surface area (TPSA) is 76.5 Å². The van der Waals surface area contributed by atoms with Crippen LogP contribution >= 0.6 is 0 Å². The monoisotopic (exact) mass is 432 g/mol. The predicted molar refractivity (Wildman–Crippen MR) is 122 cm³/mol. The molecule has 0 spiro atoms. The number of benzene rings is 2. The van der Waals surface area contributed by atoms with Crippen LogP contribution < -0.4 is 10.1 Å². The van der Waals surface area contributed by atoms with Crippen LogP contribution in [0, 0.1) is 5.92 Å². The molecule has 3 aromatic rings. The summed E-state index contributed by atoms with van der Waals surface area (Å²) in [5.74, 6) is 0.702. The summed E-state index contributed by atoms with van der Waals surface area (Å²) in [7, 11) is 1.86. The smallest absolute Gasteiger partial charge is 0.275 e. The number of piperidine rings is 1. The van der Waals surface area contributed by atoms with Crippen molar-refractivity contribution in [1.29, 1.82) is 0 Å². The third-order valence-corrected chi connectivity index (χ3v) is 6.29. The summed E-state index contributed by atoms with van der Waals surface area (Å²) in [6.45, 7) is 1.82. The second-order valence-electron chi connectivity index (χ2n) is 8.80. The van der Waals surface area contributed by atoms with Gasteiger partial charge in [0.25, 0.3) is 11.8 Å². The molecule has 2 amide bonds. The maximum Gasteiger partial charge on any atom is 0.275 e. The summed E-state index contributed by atoms with van der Waals surface area (Å²) >= 11 is 0. The molecule has 1 atom stereocenters. The van der Waals surface area contributed by atoms with Gasteiger partial charge >= 0.3 is 0 Å². The molecule has 1 unspecified atom stereocenters. The van der Waals surface area contributed by atoms with E-state index in [9.17, 15) is 9.59 Å². The van der Waals surface area contributed by atoms with Gasteiger partial charge in [-0.3, -0.25) is 14.3 Å². The minimum absolute atomic E-state index is 0.0317. The number of aryl methyl sites for hydroxylation is 1. The van der Waals surface area contributed by atoms with E-state index in [0.717, 1.165) is 43.1 Å². The highest BCUT2D eigenvalue weighted by molar-refractivity contribution is 6.04. The highest BCUT2D eigenvalue weighted by atomic mass is 16.5. The highest BCUT2D eigenvalue weighted by Gasteiger charge is 2.29. The highest BCUT2D eigenvalue weighted by Crippen LogP contribution is 2.26. The molecule has 7 heteroatoms. The van der Waals surface area contributed by atoms with Gasteiger partial charge in [0.15, 0.2) is 5.69 Å². The fourth-order valence-corrected chi connectivity index (χ4v) is 4.39. The van der Waals surface area contributed by atoms with Crippen LogP contribution in [0.1, 0.15) is 46.5 Å². The lowest BCUT2D eigenvalue weighted by atomic mass is 9.98. The predicted octanol–water partition coefficient (Wildman–Crippen LogP) is 3.40. The number of carbonyl (C=O) groups excluding carboxylic acids is 2. The lowest BCUT2D eigenvalue weighted by Gasteiger charge is -2.32. The van der Waals surface area contributed by atoms with E-state index >= 15 is 0 Å². The zero-order valence-corrected chi connectivity index (χ0v) is 18.3. The first kappa shape index (κ1) is 20.5. The molecule has 1 aliphatic carbocycles. The number of nitrogens with zero attached hydrogens (tertiary/aromatic N) is 3. The Bertz CT molecular complexity index is 1150. The molecule has 0 radical (unpaired) electrons. The Hall–Kier alpha value is -3.35. The largest absolute Gasteiger partial charge is 0.492 e. The van der Waals surface area contributed by atoms with E-state index in [1.54, 1.807) is 10.7 Å². The normalized spacial score (nSPS) is 18.5. The Kier molecular flexibility index (Phi) is 5.55. The van der Waals surface area contributed by atoms with Crippen molar-refractivity contribution in [2.75, 3.05) is 19.7 Å². The molecular weight excluding hydrogens is 404 g/mol. The number of nitrogens with one attached hydrogen (secondary N) is 1. The Morgan fingerprint density at radius 2 is 1.88 bits per heavy atom. The lowest BCUT2D eigenvalue weighted by molar-refractivity contribution is 0.0628. The van der Waals surface area contributed by atoms with E-state index in [0.29, 0.717) is 36.2 Å². The molecule has 0 bridgehead atoms. The number of para-hydroxylation sites is 2. The fourth-order valence-electron chi connectivity index (χ4n) is 4.39. The standard InChI is InChI=1S/C25H28N4O3/c1-28-21-10-4-2-8-19(21)23(27-28)25(31)29-14-6-7-17(15-29)16-32-22-11-5-3-9-20(22)24(30)26-18-12-13-18/h2-5,8-11,17-18H,6-7,12-16H2,1H3,(H,26,30). The van der Waals surface area contributed by atoms with Crippen molar-refractivity contribution in [3.05, 3.63) is 59.8 Å². The molecule has 1 saturated heterocycles. The SMILES string of the molecule is Cn1nc(C(=O)N2CCCC(COc3ccccc3C(=O)NC3CC3)C2)c2ccccc21. The molecule has 7 nitrogen and oxygen atoms in total. The number of rotatable bonds is 6. The third kappa shape index (κ3) is 4.20. The molecule has 166 valence electrons. The summed E-state index contributed by atoms with van der Waals surface area (Å²) in [5, 5.41) is 8.40. The molecule has 2 heterocycles. The maximum atomic E-state index is 13.3. The maximum absolute atomic E-state index is 13.3.